The number of amides is 1. The average molecular weight is 350 g/mol. The van der Waals surface area contributed by atoms with Crippen LogP contribution in [0.25, 0.3) is 0 Å². The molecule has 0 saturated heterocycles. The van der Waals surface area contributed by atoms with Gasteiger partial charge in [-0.25, -0.2) is 15.0 Å². The molecule has 0 aliphatic rings. The van der Waals surface area contributed by atoms with Crippen LogP contribution in [0.2, 0.25) is 0 Å². The van der Waals surface area contributed by atoms with Gasteiger partial charge in [-0.2, -0.15) is 0 Å². The molecule has 0 bridgehead atoms. The standard InChI is InChI=1S/C19H22N6O/c1-2-21-19-22-12-16(13-23-19)18(26)24-17(15-6-4-3-5-7-15)8-10-25-11-9-20-14-25/h3-7,9,11-14,17H,2,8,10H2,1H3,(H,24,26)(H,21,22,23)/t17-/m1/s1. The third kappa shape index (κ3) is 4.66. The summed E-state index contributed by atoms with van der Waals surface area (Å²) in [6.07, 6.45) is 9.27. The van der Waals surface area contributed by atoms with Crippen molar-refractivity contribution in [1.29, 1.82) is 0 Å². The van der Waals surface area contributed by atoms with E-state index in [0.29, 0.717) is 11.5 Å². The maximum absolute atomic E-state index is 12.6. The highest BCUT2D eigenvalue weighted by Gasteiger charge is 2.16. The van der Waals surface area contributed by atoms with Crippen LogP contribution in [0.4, 0.5) is 5.95 Å². The molecule has 0 fully saturated rings. The van der Waals surface area contributed by atoms with E-state index < -0.39 is 0 Å². The molecular formula is C19H22N6O. The molecule has 0 aliphatic carbocycles. The van der Waals surface area contributed by atoms with Crippen molar-refractivity contribution in [2.75, 3.05) is 11.9 Å². The molecule has 1 amide bonds. The second-order valence-electron chi connectivity index (χ2n) is 5.85. The number of aryl methyl sites for hydroxylation is 1. The van der Waals surface area contributed by atoms with Crippen LogP contribution < -0.4 is 10.6 Å². The Bertz CT molecular complexity index is 802. The maximum Gasteiger partial charge on any atom is 0.254 e. The summed E-state index contributed by atoms with van der Waals surface area (Å²) in [5, 5.41) is 6.10. The van der Waals surface area contributed by atoms with Crippen molar-refractivity contribution in [3.05, 3.63) is 72.6 Å². The molecule has 3 rings (SSSR count). The lowest BCUT2D eigenvalue weighted by Crippen LogP contribution is -2.29. The number of anilines is 1. The Morgan fingerprint density at radius 2 is 1.96 bits per heavy atom. The second kappa shape index (κ2) is 8.75. The molecule has 0 radical (unpaired) electrons. The van der Waals surface area contributed by atoms with Crippen LogP contribution >= 0.6 is 0 Å². The average Bonchev–Trinajstić information content (AvgIpc) is 3.20. The molecule has 0 aliphatic heterocycles. The van der Waals surface area contributed by atoms with Crippen molar-refractivity contribution in [2.24, 2.45) is 0 Å². The summed E-state index contributed by atoms with van der Waals surface area (Å²) >= 11 is 0. The summed E-state index contributed by atoms with van der Waals surface area (Å²) in [6, 6.07) is 9.83. The number of rotatable bonds is 8. The number of nitrogens with one attached hydrogen (secondary N) is 2. The van der Waals surface area contributed by atoms with Gasteiger partial charge < -0.3 is 15.2 Å². The SMILES string of the molecule is CCNc1ncc(C(=O)N[C@H](CCn2ccnc2)c2ccccc2)cn1. The van der Waals surface area contributed by atoms with Crippen LogP contribution in [-0.2, 0) is 6.54 Å². The second-order valence-corrected chi connectivity index (χ2v) is 5.85. The van der Waals surface area contributed by atoms with Crippen LogP contribution in [0.3, 0.4) is 0 Å². The van der Waals surface area contributed by atoms with Crippen molar-refractivity contribution >= 4 is 11.9 Å². The molecule has 3 aromatic rings. The molecule has 2 N–H and O–H groups in total. The largest absolute Gasteiger partial charge is 0.355 e. The van der Waals surface area contributed by atoms with Crippen LogP contribution in [0.5, 0.6) is 0 Å². The summed E-state index contributed by atoms with van der Waals surface area (Å²) in [6.45, 7) is 3.46. The number of imidazole rings is 1. The number of benzene rings is 1. The lowest BCUT2D eigenvalue weighted by atomic mass is 10.0. The molecule has 1 aromatic carbocycles. The first kappa shape index (κ1) is 17.6. The Morgan fingerprint density at radius 3 is 2.62 bits per heavy atom. The molecule has 26 heavy (non-hydrogen) atoms. The summed E-state index contributed by atoms with van der Waals surface area (Å²) in [5.41, 5.74) is 1.50. The highest BCUT2D eigenvalue weighted by Crippen LogP contribution is 2.18. The predicted molar refractivity (Wildman–Crippen MR) is 99.7 cm³/mol. The monoisotopic (exact) mass is 350 g/mol. The number of carbonyl (C=O) groups excluding carboxylic acids is 1. The highest BCUT2D eigenvalue weighted by atomic mass is 16.1. The van der Waals surface area contributed by atoms with Crippen LogP contribution in [0.1, 0.15) is 35.3 Å². The molecule has 0 saturated carbocycles. The topological polar surface area (TPSA) is 84.7 Å². The Kier molecular flexibility index (Phi) is 5.92. The fourth-order valence-electron chi connectivity index (χ4n) is 2.64. The third-order valence-electron chi connectivity index (χ3n) is 3.99. The van der Waals surface area contributed by atoms with E-state index in [1.54, 1.807) is 12.5 Å². The van der Waals surface area contributed by atoms with Gasteiger partial charge in [0.15, 0.2) is 0 Å². The smallest absolute Gasteiger partial charge is 0.254 e. The van der Waals surface area contributed by atoms with Crippen molar-refractivity contribution in [3.63, 3.8) is 0 Å². The normalized spacial score (nSPS) is 11.7. The van der Waals surface area contributed by atoms with Gasteiger partial charge in [0.1, 0.15) is 0 Å². The van der Waals surface area contributed by atoms with Gasteiger partial charge >= 0.3 is 0 Å². The Balaban J connectivity index is 1.70. The molecule has 0 spiro atoms. The third-order valence-corrected chi connectivity index (χ3v) is 3.99. The first-order valence-electron chi connectivity index (χ1n) is 8.63. The van der Waals surface area contributed by atoms with Crippen molar-refractivity contribution in [1.82, 2.24) is 24.8 Å². The molecule has 2 aromatic heterocycles. The lowest BCUT2D eigenvalue weighted by Gasteiger charge is -2.19. The first-order chi connectivity index (χ1) is 12.8. The van der Waals surface area contributed by atoms with E-state index in [4.69, 9.17) is 0 Å². The van der Waals surface area contributed by atoms with Crippen LogP contribution in [-0.4, -0.2) is 32.0 Å². The molecule has 1 atom stereocenters. The van der Waals surface area contributed by atoms with Gasteiger partial charge in [0, 0.05) is 37.9 Å². The summed E-state index contributed by atoms with van der Waals surface area (Å²) < 4.78 is 2.00. The van der Waals surface area contributed by atoms with Crippen molar-refractivity contribution in [3.8, 4) is 0 Å². The summed E-state index contributed by atoms with van der Waals surface area (Å²) in [5.74, 6) is 0.330. The number of carbonyl (C=O) groups is 1. The van der Waals surface area contributed by atoms with Crippen LogP contribution in [0.15, 0.2) is 61.4 Å². The number of nitrogens with zero attached hydrogens (tertiary/aromatic N) is 4. The summed E-state index contributed by atoms with van der Waals surface area (Å²) in [7, 11) is 0. The van der Waals surface area contributed by atoms with Crippen LogP contribution in [0, 0.1) is 0 Å². The van der Waals surface area contributed by atoms with Gasteiger partial charge in [-0.15, -0.1) is 0 Å². The molecular weight excluding hydrogens is 328 g/mol. The molecule has 134 valence electrons. The van der Waals surface area contributed by atoms with E-state index in [9.17, 15) is 4.79 Å². The van der Waals surface area contributed by atoms with Crippen molar-refractivity contribution < 1.29 is 4.79 Å². The Morgan fingerprint density at radius 1 is 1.19 bits per heavy atom. The van der Waals surface area contributed by atoms with Gasteiger partial charge in [-0.3, -0.25) is 4.79 Å². The molecule has 2 heterocycles. The minimum atomic E-state index is -0.187. The predicted octanol–water partition coefficient (Wildman–Crippen LogP) is 2.67. The van der Waals surface area contributed by atoms with E-state index in [1.807, 2.05) is 48.0 Å². The van der Waals surface area contributed by atoms with Crippen molar-refractivity contribution in [2.45, 2.75) is 25.9 Å². The van der Waals surface area contributed by atoms with Gasteiger partial charge in [-0.05, 0) is 18.9 Å². The maximum atomic E-state index is 12.6. The highest BCUT2D eigenvalue weighted by molar-refractivity contribution is 5.93. The molecule has 0 unspecified atom stereocenters. The zero-order valence-corrected chi connectivity index (χ0v) is 14.7. The van der Waals surface area contributed by atoms with E-state index in [2.05, 4.69) is 25.6 Å². The van der Waals surface area contributed by atoms with Gasteiger partial charge in [0.25, 0.3) is 5.91 Å². The minimum absolute atomic E-state index is 0.112. The Labute approximate surface area is 152 Å². The number of aromatic nitrogens is 4. The molecule has 7 heteroatoms. The fraction of sp³-hybridized carbons (Fsp3) is 0.263. The zero-order valence-electron chi connectivity index (χ0n) is 14.7. The molecule has 7 nitrogen and oxygen atoms in total. The van der Waals surface area contributed by atoms with Gasteiger partial charge in [-0.1, -0.05) is 30.3 Å². The first-order valence-corrected chi connectivity index (χ1v) is 8.63. The van der Waals surface area contributed by atoms with E-state index in [0.717, 1.165) is 25.1 Å². The van der Waals surface area contributed by atoms with Gasteiger partial charge in [0.2, 0.25) is 5.95 Å². The fourth-order valence-corrected chi connectivity index (χ4v) is 2.64. The number of hydrogen-bond acceptors (Lipinski definition) is 5. The Hall–Kier alpha value is -3.22. The number of hydrogen-bond donors (Lipinski definition) is 2. The minimum Gasteiger partial charge on any atom is -0.355 e. The van der Waals surface area contributed by atoms with E-state index >= 15 is 0 Å². The zero-order chi connectivity index (χ0) is 18.2. The quantitative estimate of drug-likeness (QED) is 0.652. The van der Waals surface area contributed by atoms with E-state index in [-0.39, 0.29) is 11.9 Å². The summed E-state index contributed by atoms with van der Waals surface area (Å²) in [4.78, 5) is 25.0. The van der Waals surface area contributed by atoms with E-state index in [1.165, 1.54) is 12.4 Å². The van der Waals surface area contributed by atoms with Gasteiger partial charge in [0.05, 0.1) is 17.9 Å². The lowest BCUT2D eigenvalue weighted by molar-refractivity contribution is 0.0933.